The number of hydrogen-bond donors (Lipinski definition) is 2. The maximum absolute atomic E-state index is 12.3. The van der Waals surface area contributed by atoms with Crippen LogP contribution in [0.2, 0.25) is 0 Å². The molecule has 28 heavy (non-hydrogen) atoms. The number of nitrogens with zero attached hydrogens (tertiary/aromatic N) is 4. The van der Waals surface area contributed by atoms with Crippen LogP contribution in [0.15, 0.2) is 24.5 Å². The average Bonchev–Trinajstić information content (AvgIpc) is 3.45. The van der Waals surface area contributed by atoms with Crippen molar-refractivity contribution in [1.29, 1.82) is 5.26 Å². The highest BCUT2D eigenvalue weighted by Crippen LogP contribution is 2.35. The molecule has 3 aromatic rings. The van der Waals surface area contributed by atoms with E-state index in [1.54, 1.807) is 6.33 Å². The minimum Gasteiger partial charge on any atom is -0.342 e. The molecule has 2 aromatic heterocycles. The molecule has 7 heteroatoms. The Labute approximate surface area is 163 Å². The van der Waals surface area contributed by atoms with Gasteiger partial charge in [0.15, 0.2) is 5.82 Å². The Morgan fingerprint density at radius 1 is 1.43 bits per heavy atom. The summed E-state index contributed by atoms with van der Waals surface area (Å²) in [4.78, 5) is 26.6. The van der Waals surface area contributed by atoms with E-state index in [0.717, 1.165) is 52.9 Å². The Morgan fingerprint density at radius 3 is 2.89 bits per heavy atom. The summed E-state index contributed by atoms with van der Waals surface area (Å²) < 4.78 is 0. The molecule has 1 aromatic carbocycles. The zero-order chi connectivity index (χ0) is 19.8. The molecule has 1 fully saturated rings. The molecule has 1 aliphatic rings. The van der Waals surface area contributed by atoms with Crippen molar-refractivity contribution >= 4 is 34.3 Å². The van der Waals surface area contributed by atoms with Gasteiger partial charge in [-0.2, -0.15) is 5.26 Å². The number of hydrogen-bond acceptors (Lipinski definition) is 5. The van der Waals surface area contributed by atoms with Gasteiger partial charge in [0.25, 0.3) is 0 Å². The summed E-state index contributed by atoms with van der Waals surface area (Å²) in [6.45, 7) is 4.04. The number of carbonyl (C=O) groups is 1. The number of pyridine rings is 1. The largest absolute Gasteiger partial charge is 0.342 e. The number of nitriles is 1. The summed E-state index contributed by atoms with van der Waals surface area (Å²) in [5, 5.41) is 12.1. The van der Waals surface area contributed by atoms with Gasteiger partial charge in [0.05, 0.1) is 23.5 Å². The summed E-state index contributed by atoms with van der Waals surface area (Å²) in [6.07, 6.45) is 4.28. The van der Waals surface area contributed by atoms with Crippen LogP contribution in [0.25, 0.3) is 11.0 Å². The molecule has 0 atom stereocenters. The third-order valence-corrected chi connectivity index (χ3v) is 5.24. The van der Waals surface area contributed by atoms with Crippen molar-refractivity contribution < 1.29 is 4.79 Å². The van der Waals surface area contributed by atoms with Crippen LogP contribution in [-0.4, -0.2) is 27.9 Å². The van der Waals surface area contributed by atoms with Gasteiger partial charge in [0.1, 0.15) is 11.3 Å². The van der Waals surface area contributed by atoms with Crippen LogP contribution in [0.1, 0.15) is 36.5 Å². The zero-order valence-corrected chi connectivity index (χ0v) is 16.2. The first-order valence-corrected chi connectivity index (χ1v) is 9.44. The summed E-state index contributed by atoms with van der Waals surface area (Å²) in [7, 11) is 1.95. The summed E-state index contributed by atoms with van der Waals surface area (Å²) in [5.74, 6) is 1.33. The Hall–Kier alpha value is -3.40. The van der Waals surface area contributed by atoms with Crippen molar-refractivity contribution in [3.05, 3.63) is 41.2 Å². The van der Waals surface area contributed by atoms with Gasteiger partial charge in [-0.3, -0.25) is 4.79 Å². The van der Waals surface area contributed by atoms with Gasteiger partial charge in [-0.25, -0.2) is 9.97 Å². The number of amides is 1. The smallest absolute Gasteiger partial charge is 0.228 e. The molecule has 1 amide bonds. The second-order valence-corrected chi connectivity index (χ2v) is 7.17. The third kappa shape index (κ3) is 3.07. The summed E-state index contributed by atoms with van der Waals surface area (Å²) in [5.41, 5.74) is 5.13. The van der Waals surface area contributed by atoms with Gasteiger partial charge >= 0.3 is 0 Å². The van der Waals surface area contributed by atoms with E-state index in [1.807, 2.05) is 37.1 Å². The Bertz CT molecular complexity index is 1110. The number of benzene rings is 1. The molecule has 4 rings (SSSR count). The molecule has 2 N–H and O–H groups in total. The van der Waals surface area contributed by atoms with E-state index in [9.17, 15) is 10.1 Å². The first-order valence-electron chi connectivity index (χ1n) is 9.44. The second-order valence-electron chi connectivity index (χ2n) is 7.17. The lowest BCUT2D eigenvalue weighted by molar-refractivity contribution is -0.117. The van der Waals surface area contributed by atoms with Gasteiger partial charge in [-0.15, -0.1) is 0 Å². The maximum Gasteiger partial charge on any atom is 0.228 e. The summed E-state index contributed by atoms with van der Waals surface area (Å²) in [6, 6.07) is 7.85. The molecule has 0 unspecified atom stereocenters. The van der Waals surface area contributed by atoms with Crippen molar-refractivity contribution in [3.8, 4) is 6.07 Å². The van der Waals surface area contributed by atoms with E-state index < -0.39 is 0 Å². The molecule has 142 valence electrons. The van der Waals surface area contributed by atoms with Crippen molar-refractivity contribution in [3.63, 3.8) is 0 Å². The number of H-pyrrole nitrogens is 1. The minimum absolute atomic E-state index is 0.00785. The SMILES string of the molecule is CCc1cc(C#N)ccc1N(C)c1nc(NC(=O)C2CC2)c2[nH]cnc2c1C. The van der Waals surface area contributed by atoms with Crippen molar-refractivity contribution in [2.45, 2.75) is 33.1 Å². The Morgan fingerprint density at radius 2 is 2.21 bits per heavy atom. The molecule has 2 heterocycles. The normalized spacial score (nSPS) is 13.4. The summed E-state index contributed by atoms with van der Waals surface area (Å²) >= 11 is 0. The number of aromatic amines is 1. The molecule has 1 saturated carbocycles. The van der Waals surface area contributed by atoms with E-state index in [0.29, 0.717) is 11.4 Å². The number of carbonyl (C=O) groups excluding carboxylic acids is 1. The average molecular weight is 374 g/mol. The number of nitrogens with one attached hydrogen (secondary N) is 2. The van der Waals surface area contributed by atoms with Crippen LogP contribution >= 0.6 is 0 Å². The molecule has 1 aliphatic carbocycles. The zero-order valence-electron chi connectivity index (χ0n) is 16.2. The lowest BCUT2D eigenvalue weighted by atomic mass is 10.1. The fourth-order valence-corrected chi connectivity index (χ4v) is 3.47. The second kappa shape index (κ2) is 6.97. The quantitative estimate of drug-likeness (QED) is 0.707. The number of rotatable bonds is 5. The number of anilines is 3. The number of aromatic nitrogens is 3. The Balaban J connectivity index is 1.80. The molecule has 0 aliphatic heterocycles. The van der Waals surface area contributed by atoms with Crippen LogP contribution in [0.3, 0.4) is 0 Å². The van der Waals surface area contributed by atoms with Crippen molar-refractivity contribution in [1.82, 2.24) is 15.0 Å². The maximum atomic E-state index is 12.3. The van der Waals surface area contributed by atoms with E-state index >= 15 is 0 Å². The lowest BCUT2D eigenvalue weighted by Crippen LogP contribution is -2.19. The number of fused-ring (bicyclic) bond motifs is 1. The first kappa shape index (κ1) is 18.0. The van der Waals surface area contributed by atoms with Crippen LogP contribution in [0.5, 0.6) is 0 Å². The lowest BCUT2D eigenvalue weighted by Gasteiger charge is -2.24. The van der Waals surface area contributed by atoms with E-state index in [4.69, 9.17) is 4.98 Å². The Kier molecular flexibility index (Phi) is 4.47. The van der Waals surface area contributed by atoms with Gasteiger partial charge < -0.3 is 15.2 Å². The van der Waals surface area contributed by atoms with Crippen LogP contribution < -0.4 is 10.2 Å². The van der Waals surface area contributed by atoms with E-state index in [2.05, 4.69) is 28.3 Å². The fourth-order valence-electron chi connectivity index (χ4n) is 3.47. The first-order chi connectivity index (χ1) is 13.5. The van der Waals surface area contributed by atoms with Crippen LogP contribution in [0.4, 0.5) is 17.3 Å². The topological polar surface area (TPSA) is 97.7 Å². The highest BCUT2D eigenvalue weighted by molar-refractivity contribution is 6.01. The predicted molar refractivity (Wildman–Crippen MR) is 109 cm³/mol. The van der Waals surface area contributed by atoms with Gasteiger partial charge in [0.2, 0.25) is 5.91 Å². The molecule has 0 saturated heterocycles. The number of imidazole rings is 1. The van der Waals surface area contributed by atoms with Gasteiger partial charge in [-0.05, 0) is 49.9 Å². The molecule has 0 spiro atoms. The molecule has 0 radical (unpaired) electrons. The van der Waals surface area contributed by atoms with Gasteiger partial charge in [0, 0.05) is 24.2 Å². The highest BCUT2D eigenvalue weighted by Gasteiger charge is 2.31. The van der Waals surface area contributed by atoms with E-state index in [1.165, 1.54) is 0 Å². The molecule has 0 bridgehead atoms. The predicted octanol–water partition coefficient (Wildman–Crippen LogP) is 3.82. The monoisotopic (exact) mass is 374 g/mol. The number of aryl methyl sites for hydroxylation is 2. The van der Waals surface area contributed by atoms with Crippen molar-refractivity contribution in [2.24, 2.45) is 5.92 Å². The highest BCUT2D eigenvalue weighted by atomic mass is 16.2. The molecular weight excluding hydrogens is 352 g/mol. The van der Waals surface area contributed by atoms with Crippen molar-refractivity contribution in [2.75, 3.05) is 17.3 Å². The van der Waals surface area contributed by atoms with E-state index in [-0.39, 0.29) is 11.8 Å². The third-order valence-electron chi connectivity index (χ3n) is 5.24. The standard InChI is InChI=1S/C21H22N6O/c1-4-14-9-13(10-22)5-8-16(14)27(3)20-12(2)17-18(24-11-23-17)19(25-20)26-21(28)15-6-7-15/h5,8-9,11,15H,4,6-7H2,1-3H3,(H,23,24)(H,25,26,28). The minimum atomic E-state index is 0.00785. The van der Waals surface area contributed by atoms with Gasteiger partial charge in [-0.1, -0.05) is 6.92 Å². The van der Waals surface area contributed by atoms with Crippen LogP contribution in [0, 0.1) is 24.2 Å². The molecular formula is C21H22N6O. The fraction of sp³-hybridized carbons (Fsp3) is 0.333. The van der Waals surface area contributed by atoms with Crippen LogP contribution in [-0.2, 0) is 11.2 Å². The molecule has 7 nitrogen and oxygen atoms in total.